The third kappa shape index (κ3) is 3.60. The van der Waals surface area contributed by atoms with E-state index in [9.17, 15) is 10.1 Å². The van der Waals surface area contributed by atoms with Crippen LogP contribution in [0.5, 0.6) is 0 Å². The molecule has 0 saturated heterocycles. The molecule has 0 bridgehead atoms. The zero-order valence-corrected chi connectivity index (χ0v) is 12.4. The summed E-state index contributed by atoms with van der Waals surface area (Å²) in [7, 11) is 0. The second-order valence-corrected chi connectivity index (χ2v) is 5.04. The third-order valence-corrected chi connectivity index (χ3v) is 3.60. The summed E-state index contributed by atoms with van der Waals surface area (Å²) in [6, 6.07) is 0. The molecule has 0 radical (unpaired) electrons. The van der Waals surface area contributed by atoms with Gasteiger partial charge in [0.1, 0.15) is 5.70 Å². The highest BCUT2D eigenvalue weighted by molar-refractivity contribution is 7.99. The van der Waals surface area contributed by atoms with Gasteiger partial charge in [-0.15, -0.1) is 11.8 Å². The number of thioether (sulfide) groups is 1. The first kappa shape index (κ1) is 15.8. The fraction of sp³-hybridized carbons (Fsp3) is 0.727. The van der Waals surface area contributed by atoms with Crippen molar-refractivity contribution in [3.8, 4) is 0 Å². The molecule has 0 aromatic rings. The van der Waals surface area contributed by atoms with Crippen LogP contribution in [-0.2, 0) is 0 Å². The molecule has 0 spiro atoms. The predicted molar refractivity (Wildman–Crippen MR) is 78.0 cm³/mol. The van der Waals surface area contributed by atoms with Crippen molar-refractivity contribution in [3.05, 3.63) is 21.5 Å². The normalized spacial score (nSPS) is 21.8. The fourth-order valence-corrected chi connectivity index (χ4v) is 2.47. The highest BCUT2D eigenvalue weighted by Crippen LogP contribution is 2.25. The van der Waals surface area contributed by atoms with Crippen LogP contribution in [0.15, 0.2) is 16.4 Å². The Morgan fingerprint density at radius 2 is 2.26 bits per heavy atom. The zero-order chi connectivity index (χ0) is 14.4. The summed E-state index contributed by atoms with van der Waals surface area (Å²) in [4.78, 5) is 15.1. The standard InChI is InChI=1S/C11H21N5O2S/c1-4-6-7-8-9(16(17)18)10(13-5-2)14-11(19-3)15(8)12/h11H,4-7,12H2,1-3H3,(H,13,14). The summed E-state index contributed by atoms with van der Waals surface area (Å²) < 4.78 is 0. The van der Waals surface area contributed by atoms with Gasteiger partial charge in [-0.05, 0) is 26.0 Å². The number of aliphatic imine (C=N–C) groups is 1. The second kappa shape index (κ2) is 7.34. The Kier molecular flexibility index (Phi) is 6.10. The molecule has 0 aliphatic carbocycles. The van der Waals surface area contributed by atoms with E-state index < -0.39 is 4.92 Å². The number of nitrogens with two attached hydrogens (primary N) is 1. The van der Waals surface area contributed by atoms with E-state index in [-0.39, 0.29) is 11.2 Å². The van der Waals surface area contributed by atoms with Gasteiger partial charge in [-0.3, -0.25) is 20.1 Å². The maximum atomic E-state index is 11.3. The van der Waals surface area contributed by atoms with E-state index >= 15 is 0 Å². The van der Waals surface area contributed by atoms with Gasteiger partial charge >= 0.3 is 5.70 Å². The minimum atomic E-state index is -0.400. The van der Waals surface area contributed by atoms with Crippen molar-refractivity contribution in [3.63, 3.8) is 0 Å². The zero-order valence-electron chi connectivity index (χ0n) is 11.5. The molecule has 1 aliphatic heterocycles. The molecule has 8 heteroatoms. The number of nitrogens with one attached hydrogen (secondary N) is 1. The van der Waals surface area contributed by atoms with Gasteiger partial charge in [-0.2, -0.15) is 0 Å². The summed E-state index contributed by atoms with van der Waals surface area (Å²) in [5.41, 5.74) is 0.334. The minimum absolute atomic E-state index is 0.00287. The van der Waals surface area contributed by atoms with Crippen LogP contribution in [0.2, 0.25) is 0 Å². The molecule has 1 atom stereocenters. The Bertz CT molecular complexity index is 397. The average molecular weight is 287 g/mol. The average Bonchev–Trinajstić information content (AvgIpc) is 2.38. The lowest BCUT2D eigenvalue weighted by Crippen LogP contribution is -2.55. The van der Waals surface area contributed by atoms with Crippen LogP contribution in [0.4, 0.5) is 0 Å². The lowest BCUT2D eigenvalue weighted by atomic mass is 10.1. The number of hydrogen-bond donors (Lipinski definition) is 2. The molecule has 3 N–H and O–H groups in total. The Hall–Kier alpha value is -1.28. The van der Waals surface area contributed by atoms with Gasteiger partial charge in [-0.25, -0.2) is 5.84 Å². The fourth-order valence-electron chi connectivity index (χ4n) is 1.89. The largest absolute Gasteiger partial charge is 0.335 e. The first-order valence-corrected chi connectivity index (χ1v) is 7.61. The molecule has 108 valence electrons. The Morgan fingerprint density at radius 1 is 1.58 bits per heavy atom. The van der Waals surface area contributed by atoms with Crippen LogP contribution in [-0.4, -0.2) is 34.1 Å². The Balaban J connectivity index is 3.24. The molecular formula is C11H21N5O2S. The number of hydrazine groups is 1. The van der Waals surface area contributed by atoms with Crippen molar-refractivity contribution in [2.75, 3.05) is 12.8 Å². The van der Waals surface area contributed by atoms with E-state index in [2.05, 4.69) is 10.3 Å². The first-order valence-electron chi connectivity index (χ1n) is 6.32. The summed E-state index contributed by atoms with van der Waals surface area (Å²) in [6.07, 6.45) is 4.31. The maximum Gasteiger partial charge on any atom is 0.331 e. The van der Waals surface area contributed by atoms with Crippen molar-refractivity contribution in [2.45, 2.75) is 38.6 Å². The van der Waals surface area contributed by atoms with Crippen molar-refractivity contribution in [1.29, 1.82) is 0 Å². The molecule has 0 amide bonds. The predicted octanol–water partition coefficient (Wildman–Crippen LogP) is 1.51. The molecule has 1 heterocycles. The van der Waals surface area contributed by atoms with Crippen molar-refractivity contribution in [2.24, 2.45) is 10.8 Å². The van der Waals surface area contributed by atoms with Crippen LogP contribution in [0, 0.1) is 10.1 Å². The molecule has 0 aromatic carbocycles. The number of nitro groups is 1. The SMILES string of the molecule is CCCCC1=C([N+](=O)[O-])C(=NCC)NC(SC)N1N. The van der Waals surface area contributed by atoms with Gasteiger partial charge in [-0.1, -0.05) is 13.3 Å². The van der Waals surface area contributed by atoms with Crippen molar-refractivity contribution in [1.82, 2.24) is 10.3 Å². The molecular weight excluding hydrogens is 266 g/mol. The second-order valence-electron chi connectivity index (χ2n) is 4.12. The summed E-state index contributed by atoms with van der Waals surface area (Å²) in [5.74, 6) is 6.33. The number of unbranched alkanes of at least 4 members (excludes halogenated alkanes) is 1. The van der Waals surface area contributed by atoms with E-state index in [1.807, 2.05) is 20.1 Å². The van der Waals surface area contributed by atoms with Crippen LogP contribution < -0.4 is 11.2 Å². The molecule has 7 nitrogen and oxygen atoms in total. The highest BCUT2D eigenvalue weighted by atomic mass is 32.2. The third-order valence-electron chi connectivity index (χ3n) is 2.81. The van der Waals surface area contributed by atoms with E-state index in [0.29, 0.717) is 24.5 Å². The maximum absolute atomic E-state index is 11.3. The number of amidine groups is 1. The van der Waals surface area contributed by atoms with Crippen molar-refractivity contribution >= 4 is 17.6 Å². The topological polar surface area (TPSA) is 96.8 Å². The van der Waals surface area contributed by atoms with Gasteiger partial charge in [0.15, 0.2) is 5.50 Å². The van der Waals surface area contributed by atoms with Gasteiger partial charge in [0.2, 0.25) is 5.84 Å². The minimum Gasteiger partial charge on any atom is -0.335 e. The quantitative estimate of drug-likeness (QED) is 0.436. The number of hydrogen-bond acceptors (Lipinski definition) is 6. The lowest BCUT2D eigenvalue weighted by Gasteiger charge is -2.34. The van der Waals surface area contributed by atoms with Gasteiger partial charge in [0, 0.05) is 6.54 Å². The van der Waals surface area contributed by atoms with Gasteiger partial charge < -0.3 is 5.32 Å². The van der Waals surface area contributed by atoms with E-state index in [1.165, 1.54) is 16.8 Å². The highest BCUT2D eigenvalue weighted by Gasteiger charge is 2.36. The van der Waals surface area contributed by atoms with Gasteiger partial charge in [0.25, 0.3) is 0 Å². The van der Waals surface area contributed by atoms with E-state index in [4.69, 9.17) is 5.84 Å². The molecule has 19 heavy (non-hydrogen) atoms. The molecule has 0 saturated carbocycles. The number of rotatable bonds is 6. The molecule has 1 aliphatic rings. The molecule has 1 unspecified atom stereocenters. The smallest absolute Gasteiger partial charge is 0.331 e. The number of nitrogens with zero attached hydrogens (tertiary/aromatic N) is 3. The first-order chi connectivity index (χ1) is 9.06. The summed E-state index contributed by atoms with van der Waals surface area (Å²) in [6.45, 7) is 4.38. The Labute approximate surface area is 117 Å². The van der Waals surface area contributed by atoms with E-state index in [1.54, 1.807) is 0 Å². The summed E-state index contributed by atoms with van der Waals surface area (Å²) in [5, 5.41) is 15.7. The van der Waals surface area contributed by atoms with Gasteiger partial charge in [0.05, 0.1) is 4.92 Å². The van der Waals surface area contributed by atoms with E-state index in [0.717, 1.165) is 12.8 Å². The monoisotopic (exact) mass is 287 g/mol. The van der Waals surface area contributed by atoms with Crippen LogP contribution in [0.25, 0.3) is 0 Å². The molecule has 0 aromatic heterocycles. The Morgan fingerprint density at radius 3 is 2.74 bits per heavy atom. The number of allylic oxidation sites excluding steroid dienone is 1. The molecule has 1 rings (SSSR count). The van der Waals surface area contributed by atoms with Crippen molar-refractivity contribution < 1.29 is 4.92 Å². The van der Waals surface area contributed by atoms with Crippen LogP contribution in [0.3, 0.4) is 0 Å². The molecule has 0 fully saturated rings. The summed E-state index contributed by atoms with van der Waals surface area (Å²) >= 11 is 1.49. The van der Waals surface area contributed by atoms with Crippen LogP contribution in [0.1, 0.15) is 33.1 Å². The lowest BCUT2D eigenvalue weighted by molar-refractivity contribution is -0.418. The van der Waals surface area contributed by atoms with Crippen LogP contribution >= 0.6 is 11.8 Å².